The molecule has 0 N–H and O–H groups in total. The number of aromatic carboxylic acids is 2. The minimum Gasteiger partial charge on any atom is -0.545 e. The molecule has 2 aromatic carbocycles. The van der Waals surface area contributed by atoms with Crippen molar-refractivity contribution in [1.82, 2.24) is 0 Å². The normalized spacial score (nSPS) is 9.65. The van der Waals surface area contributed by atoms with E-state index in [0.29, 0.717) is 10.8 Å². The molecule has 17 heavy (non-hydrogen) atoms. The minimum atomic E-state index is -1.33. The Bertz CT molecular complexity index is 540. The molecular weight excluding hydrogens is 274 g/mol. The Balaban J connectivity index is 0.00000144. The summed E-state index contributed by atoms with van der Waals surface area (Å²) in [4.78, 5) is 21.6. The summed E-state index contributed by atoms with van der Waals surface area (Å²) in [7, 11) is 0. The molecule has 2 rings (SSSR count). The van der Waals surface area contributed by atoms with E-state index < -0.39 is 11.9 Å². The fourth-order valence-electron chi connectivity index (χ4n) is 1.66. The fourth-order valence-corrected chi connectivity index (χ4v) is 1.66. The topological polar surface area (TPSA) is 80.3 Å². The van der Waals surface area contributed by atoms with Gasteiger partial charge in [0.25, 0.3) is 0 Å². The van der Waals surface area contributed by atoms with Crippen LogP contribution in [0.4, 0.5) is 0 Å². The van der Waals surface area contributed by atoms with Gasteiger partial charge in [0.2, 0.25) is 0 Å². The van der Waals surface area contributed by atoms with Gasteiger partial charge in [-0.2, -0.15) is 0 Å². The maximum atomic E-state index is 10.8. The molecule has 4 nitrogen and oxygen atoms in total. The molecule has 0 aliphatic heterocycles. The third-order valence-corrected chi connectivity index (χ3v) is 2.36. The first-order valence-corrected chi connectivity index (χ1v) is 4.55. The van der Waals surface area contributed by atoms with E-state index >= 15 is 0 Å². The van der Waals surface area contributed by atoms with Crippen LogP contribution in [-0.4, -0.2) is 11.9 Å². The molecule has 5 heteroatoms. The van der Waals surface area contributed by atoms with Crippen molar-refractivity contribution in [1.29, 1.82) is 0 Å². The predicted molar refractivity (Wildman–Crippen MR) is 52.6 cm³/mol. The van der Waals surface area contributed by atoms with E-state index in [1.165, 1.54) is 24.3 Å². The van der Waals surface area contributed by atoms with Crippen molar-refractivity contribution in [2.75, 3.05) is 0 Å². The third kappa shape index (κ3) is 2.34. The summed E-state index contributed by atoms with van der Waals surface area (Å²) in [5.41, 5.74) is -0.0544. The summed E-state index contributed by atoms with van der Waals surface area (Å²) in [6.07, 6.45) is 0. The van der Waals surface area contributed by atoms with Gasteiger partial charge < -0.3 is 19.8 Å². The second kappa shape index (κ2) is 5.06. The van der Waals surface area contributed by atoms with Crippen molar-refractivity contribution >= 4 is 22.7 Å². The van der Waals surface area contributed by atoms with E-state index in [1.54, 1.807) is 12.1 Å². The zero-order valence-electron chi connectivity index (χ0n) is 8.80. The van der Waals surface area contributed by atoms with Crippen LogP contribution in [0.25, 0.3) is 10.8 Å². The molecule has 0 radical (unpaired) electrons. The Morgan fingerprint density at radius 3 is 1.41 bits per heavy atom. The van der Waals surface area contributed by atoms with Crippen LogP contribution in [0.2, 0.25) is 0 Å². The van der Waals surface area contributed by atoms with Gasteiger partial charge in [-0.05, 0) is 10.8 Å². The Hall–Kier alpha value is -1.74. The van der Waals surface area contributed by atoms with Crippen LogP contribution in [0.1, 0.15) is 20.7 Å². The zero-order chi connectivity index (χ0) is 11.7. The van der Waals surface area contributed by atoms with Gasteiger partial charge in [-0.25, -0.2) is 0 Å². The summed E-state index contributed by atoms with van der Waals surface area (Å²) in [6.45, 7) is 0. The molecule has 0 atom stereocenters. The molecule has 0 amide bonds. The summed E-state index contributed by atoms with van der Waals surface area (Å²) >= 11 is 0. The second-order valence-corrected chi connectivity index (χ2v) is 3.28. The van der Waals surface area contributed by atoms with E-state index in [1.807, 2.05) is 0 Å². The molecule has 80 valence electrons. The summed E-state index contributed by atoms with van der Waals surface area (Å²) in [5, 5.41) is 22.3. The van der Waals surface area contributed by atoms with Gasteiger partial charge >= 0.3 is 19.5 Å². The molecular formula is C12H6O4Zn. The van der Waals surface area contributed by atoms with Crippen LogP contribution >= 0.6 is 0 Å². The van der Waals surface area contributed by atoms with Crippen molar-refractivity contribution in [2.45, 2.75) is 0 Å². The van der Waals surface area contributed by atoms with Gasteiger partial charge in [-0.1, -0.05) is 36.4 Å². The molecule has 0 spiro atoms. The van der Waals surface area contributed by atoms with Gasteiger partial charge in [0.05, 0.1) is 11.9 Å². The Morgan fingerprint density at radius 1 is 0.765 bits per heavy atom. The first kappa shape index (κ1) is 13.3. The minimum absolute atomic E-state index is 0. The van der Waals surface area contributed by atoms with E-state index in [4.69, 9.17) is 0 Å². The van der Waals surface area contributed by atoms with Crippen LogP contribution in [0.5, 0.6) is 0 Å². The molecule has 0 aromatic heterocycles. The number of hydrogen-bond acceptors (Lipinski definition) is 4. The van der Waals surface area contributed by atoms with Crippen LogP contribution < -0.4 is 10.2 Å². The average molecular weight is 280 g/mol. The van der Waals surface area contributed by atoms with Gasteiger partial charge in [0, 0.05) is 11.1 Å². The van der Waals surface area contributed by atoms with Gasteiger partial charge in [0.1, 0.15) is 0 Å². The summed E-state index contributed by atoms with van der Waals surface area (Å²) < 4.78 is 0. The number of fused-ring (bicyclic) bond motifs is 1. The van der Waals surface area contributed by atoms with E-state index in [9.17, 15) is 19.8 Å². The Kier molecular flexibility index (Phi) is 3.97. The van der Waals surface area contributed by atoms with E-state index in [0.717, 1.165) is 0 Å². The Labute approximate surface area is 110 Å². The van der Waals surface area contributed by atoms with Gasteiger partial charge in [0.15, 0.2) is 0 Å². The fraction of sp³-hybridized carbons (Fsp3) is 0. The predicted octanol–water partition coefficient (Wildman–Crippen LogP) is -0.436. The monoisotopic (exact) mass is 278 g/mol. The smallest absolute Gasteiger partial charge is 0.545 e. The van der Waals surface area contributed by atoms with Crippen LogP contribution in [-0.2, 0) is 19.5 Å². The number of carboxylic acids is 2. The molecule has 0 fully saturated rings. The summed E-state index contributed by atoms with van der Waals surface area (Å²) in [6, 6.07) is 8.76. The first-order chi connectivity index (χ1) is 7.61. The molecule has 0 saturated carbocycles. The third-order valence-electron chi connectivity index (χ3n) is 2.36. The Morgan fingerprint density at radius 2 is 1.12 bits per heavy atom. The largest absolute Gasteiger partial charge is 2.00 e. The molecule has 0 aliphatic carbocycles. The number of carbonyl (C=O) groups is 2. The molecule has 0 saturated heterocycles. The van der Waals surface area contributed by atoms with E-state index in [2.05, 4.69) is 0 Å². The van der Waals surface area contributed by atoms with Crippen molar-refractivity contribution < 1.29 is 39.3 Å². The van der Waals surface area contributed by atoms with Crippen LogP contribution in [0, 0.1) is 0 Å². The first-order valence-electron chi connectivity index (χ1n) is 4.55. The molecule has 0 unspecified atom stereocenters. The van der Waals surface area contributed by atoms with Crippen molar-refractivity contribution in [3.8, 4) is 0 Å². The number of rotatable bonds is 2. The van der Waals surface area contributed by atoms with Crippen molar-refractivity contribution in [3.63, 3.8) is 0 Å². The summed E-state index contributed by atoms with van der Waals surface area (Å²) in [5.74, 6) is -2.66. The molecule has 2 aromatic rings. The van der Waals surface area contributed by atoms with Gasteiger partial charge in [-0.15, -0.1) is 0 Å². The maximum Gasteiger partial charge on any atom is 2.00 e. The zero-order valence-corrected chi connectivity index (χ0v) is 11.8. The maximum absolute atomic E-state index is 10.8. The SMILES string of the molecule is O=C([O-])c1ccc(C(=O)[O-])c2ccccc12.[Zn+2]. The quantitative estimate of drug-likeness (QED) is 0.698. The molecule has 0 aliphatic rings. The van der Waals surface area contributed by atoms with Crippen LogP contribution in [0.15, 0.2) is 36.4 Å². The number of benzene rings is 2. The van der Waals surface area contributed by atoms with Crippen molar-refractivity contribution in [3.05, 3.63) is 47.5 Å². The van der Waals surface area contributed by atoms with Crippen molar-refractivity contribution in [2.24, 2.45) is 0 Å². The standard InChI is InChI=1S/C12H8O4.Zn/c13-11(14)9-5-6-10(12(15)16)8-4-2-1-3-7(8)9;/h1-6H,(H,13,14)(H,15,16);/q;+2/p-2. The van der Waals surface area contributed by atoms with Crippen LogP contribution in [0.3, 0.4) is 0 Å². The van der Waals surface area contributed by atoms with Gasteiger partial charge in [-0.3, -0.25) is 0 Å². The number of carbonyl (C=O) groups excluding carboxylic acids is 2. The van der Waals surface area contributed by atoms with E-state index in [-0.39, 0.29) is 30.6 Å². The number of hydrogen-bond donors (Lipinski definition) is 0. The molecule has 0 heterocycles. The number of carboxylic acid groups (broad SMARTS) is 2. The average Bonchev–Trinajstić information content (AvgIpc) is 2.27. The molecule has 0 bridgehead atoms. The second-order valence-electron chi connectivity index (χ2n) is 3.28.